The van der Waals surface area contributed by atoms with Crippen molar-refractivity contribution in [3.05, 3.63) is 59.7 Å². The van der Waals surface area contributed by atoms with Crippen molar-refractivity contribution in [2.75, 3.05) is 18.5 Å². The number of hydrogen-bond donors (Lipinski definition) is 2. The summed E-state index contributed by atoms with van der Waals surface area (Å²) in [5.41, 5.74) is 2.08. The highest BCUT2D eigenvalue weighted by atomic mass is 16.5. The zero-order chi connectivity index (χ0) is 20.6. The third-order valence-corrected chi connectivity index (χ3v) is 4.96. The first-order valence-electron chi connectivity index (χ1n) is 10.1. The van der Waals surface area contributed by atoms with Crippen LogP contribution in [0.2, 0.25) is 0 Å². The second-order valence-corrected chi connectivity index (χ2v) is 7.14. The van der Waals surface area contributed by atoms with Crippen molar-refractivity contribution in [3.63, 3.8) is 0 Å². The molecule has 6 nitrogen and oxygen atoms in total. The van der Waals surface area contributed by atoms with Gasteiger partial charge in [-0.25, -0.2) is 0 Å². The number of nitrogens with one attached hydrogen (secondary N) is 2. The number of para-hydroxylation sites is 1. The lowest BCUT2D eigenvalue weighted by Gasteiger charge is -2.17. The van der Waals surface area contributed by atoms with Crippen molar-refractivity contribution in [1.29, 1.82) is 0 Å². The molecule has 1 aliphatic rings. The molecule has 2 atom stereocenters. The average molecular weight is 396 g/mol. The van der Waals surface area contributed by atoms with Crippen LogP contribution in [0, 0.1) is 0 Å². The van der Waals surface area contributed by atoms with Crippen LogP contribution in [0.3, 0.4) is 0 Å². The smallest absolute Gasteiger partial charge is 0.265 e. The summed E-state index contributed by atoms with van der Waals surface area (Å²) in [7, 11) is 0. The molecule has 0 aromatic heterocycles. The Morgan fingerprint density at radius 3 is 2.62 bits per heavy atom. The Bertz CT molecular complexity index is 829. The SMILES string of the molecule is CCc1ccc(OC(C)C(=O)Nc2ccccc2C(=O)NCC2CCCO2)cc1. The topological polar surface area (TPSA) is 76.7 Å². The fraction of sp³-hybridized carbons (Fsp3) is 0.391. The highest BCUT2D eigenvalue weighted by Gasteiger charge is 2.20. The lowest BCUT2D eigenvalue weighted by atomic mass is 10.1. The molecule has 0 spiro atoms. The van der Waals surface area contributed by atoms with Crippen molar-refractivity contribution in [2.45, 2.75) is 45.3 Å². The van der Waals surface area contributed by atoms with Crippen LogP contribution in [-0.4, -0.2) is 37.2 Å². The standard InChI is InChI=1S/C23H28N2O4/c1-3-17-10-12-18(13-11-17)29-16(2)22(26)25-21-9-5-4-8-20(21)23(27)24-15-19-7-6-14-28-19/h4-5,8-13,16,19H,3,6-7,14-15H2,1-2H3,(H,24,27)(H,25,26). The molecule has 1 heterocycles. The number of carbonyl (C=O) groups excluding carboxylic acids is 2. The number of amides is 2. The van der Waals surface area contributed by atoms with E-state index in [-0.39, 0.29) is 17.9 Å². The molecule has 0 saturated carbocycles. The molecule has 0 bridgehead atoms. The summed E-state index contributed by atoms with van der Waals surface area (Å²) in [5.74, 6) is 0.0801. The Morgan fingerprint density at radius 2 is 1.93 bits per heavy atom. The number of anilines is 1. The molecule has 1 saturated heterocycles. The maximum absolute atomic E-state index is 12.6. The van der Waals surface area contributed by atoms with E-state index in [2.05, 4.69) is 17.6 Å². The Kier molecular flexibility index (Phi) is 7.25. The van der Waals surface area contributed by atoms with Gasteiger partial charge in [-0.3, -0.25) is 9.59 Å². The van der Waals surface area contributed by atoms with E-state index < -0.39 is 6.10 Å². The van der Waals surface area contributed by atoms with Crippen LogP contribution in [-0.2, 0) is 16.0 Å². The number of ether oxygens (including phenoxy) is 2. The molecule has 2 unspecified atom stereocenters. The second-order valence-electron chi connectivity index (χ2n) is 7.14. The van der Waals surface area contributed by atoms with Crippen molar-refractivity contribution in [1.82, 2.24) is 5.32 Å². The Balaban J connectivity index is 1.59. The third-order valence-electron chi connectivity index (χ3n) is 4.96. The molecule has 2 amide bonds. The average Bonchev–Trinajstić information content (AvgIpc) is 3.26. The molecule has 2 N–H and O–H groups in total. The predicted octanol–water partition coefficient (Wildman–Crippen LogP) is 3.56. The summed E-state index contributed by atoms with van der Waals surface area (Å²) in [6, 6.07) is 14.6. The number of carbonyl (C=O) groups is 2. The molecule has 154 valence electrons. The largest absolute Gasteiger partial charge is 0.481 e. The van der Waals surface area contributed by atoms with Crippen molar-refractivity contribution in [2.24, 2.45) is 0 Å². The van der Waals surface area contributed by atoms with Crippen molar-refractivity contribution >= 4 is 17.5 Å². The molecule has 1 aliphatic heterocycles. The molecular formula is C23H28N2O4. The summed E-state index contributed by atoms with van der Waals surface area (Å²) in [4.78, 5) is 25.2. The zero-order valence-corrected chi connectivity index (χ0v) is 16.9. The number of hydrogen-bond acceptors (Lipinski definition) is 4. The Labute approximate surface area is 171 Å². The third kappa shape index (κ3) is 5.81. The van der Waals surface area contributed by atoms with Crippen LogP contribution < -0.4 is 15.4 Å². The van der Waals surface area contributed by atoms with Crippen LogP contribution >= 0.6 is 0 Å². The van der Waals surface area contributed by atoms with E-state index in [0.29, 0.717) is 23.5 Å². The molecule has 0 radical (unpaired) electrons. The minimum atomic E-state index is -0.703. The fourth-order valence-electron chi connectivity index (χ4n) is 3.19. The maximum atomic E-state index is 12.6. The predicted molar refractivity (Wildman–Crippen MR) is 112 cm³/mol. The molecular weight excluding hydrogens is 368 g/mol. The monoisotopic (exact) mass is 396 g/mol. The Morgan fingerprint density at radius 1 is 1.17 bits per heavy atom. The van der Waals surface area contributed by atoms with E-state index >= 15 is 0 Å². The van der Waals surface area contributed by atoms with Gasteiger partial charge >= 0.3 is 0 Å². The van der Waals surface area contributed by atoms with Gasteiger partial charge in [0.05, 0.1) is 17.4 Å². The van der Waals surface area contributed by atoms with Crippen LogP contribution in [0.25, 0.3) is 0 Å². The van der Waals surface area contributed by atoms with E-state index in [1.165, 1.54) is 5.56 Å². The number of rotatable bonds is 8. The zero-order valence-electron chi connectivity index (χ0n) is 16.9. The summed E-state index contributed by atoms with van der Waals surface area (Å²) in [6.45, 7) is 4.98. The fourth-order valence-corrected chi connectivity index (χ4v) is 3.19. The minimum Gasteiger partial charge on any atom is -0.481 e. The number of aryl methyl sites for hydroxylation is 1. The van der Waals surface area contributed by atoms with E-state index in [1.54, 1.807) is 31.2 Å². The lowest BCUT2D eigenvalue weighted by Crippen LogP contribution is -2.34. The molecule has 29 heavy (non-hydrogen) atoms. The number of benzene rings is 2. The van der Waals surface area contributed by atoms with Gasteiger partial charge in [0.25, 0.3) is 11.8 Å². The summed E-state index contributed by atoms with van der Waals surface area (Å²) < 4.78 is 11.3. The van der Waals surface area contributed by atoms with Gasteiger partial charge in [0.15, 0.2) is 6.10 Å². The molecule has 1 fully saturated rings. The summed E-state index contributed by atoms with van der Waals surface area (Å²) >= 11 is 0. The molecule has 6 heteroatoms. The first-order chi connectivity index (χ1) is 14.1. The first-order valence-corrected chi connectivity index (χ1v) is 10.1. The van der Waals surface area contributed by atoms with Gasteiger partial charge in [0.1, 0.15) is 5.75 Å². The maximum Gasteiger partial charge on any atom is 0.265 e. The van der Waals surface area contributed by atoms with Gasteiger partial charge in [-0.2, -0.15) is 0 Å². The van der Waals surface area contributed by atoms with Gasteiger partial charge in [-0.05, 0) is 56.0 Å². The Hall–Kier alpha value is -2.86. The molecule has 3 rings (SSSR count). The summed E-state index contributed by atoms with van der Waals surface area (Å²) in [5, 5.41) is 5.69. The van der Waals surface area contributed by atoms with Gasteiger partial charge in [-0.15, -0.1) is 0 Å². The van der Waals surface area contributed by atoms with Crippen molar-refractivity contribution < 1.29 is 19.1 Å². The van der Waals surface area contributed by atoms with E-state index in [4.69, 9.17) is 9.47 Å². The van der Waals surface area contributed by atoms with E-state index in [0.717, 1.165) is 25.9 Å². The van der Waals surface area contributed by atoms with E-state index in [9.17, 15) is 9.59 Å². The van der Waals surface area contributed by atoms with Crippen LogP contribution in [0.15, 0.2) is 48.5 Å². The van der Waals surface area contributed by atoms with Crippen LogP contribution in [0.4, 0.5) is 5.69 Å². The highest BCUT2D eigenvalue weighted by molar-refractivity contribution is 6.04. The first kappa shape index (κ1) is 20.9. The second kappa shape index (κ2) is 10.1. The van der Waals surface area contributed by atoms with Crippen LogP contribution in [0.5, 0.6) is 5.75 Å². The minimum absolute atomic E-state index is 0.0632. The quantitative estimate of drug-likeness (QED) is 0.715. The highest BCUT2D eigenvalue weighted by Crippen LogP contribution is 2.18. The van der Waals surface area contributed by atoms with E-state index in [1.807, 2.05) is 24.3 Å². The van der Waals surface area contributed by atoms with Gasteiger partial charge in [0.2, 0.25) is 0 Å². The molecule has 0 aliphatic carbocycles. The molecule has 2 aromatic rings. The van der Waals surface area contributed by atoms with Gasteiger partial charge in [0, 0.05) is 13.2 Å². The normalized spacial score (nSPS) is 16.8. The van der Waals surface area contributed by atoms with Gasteiger partial charge in [-0.1, -0.05) is 31.2 Å². The lowest BCUT2D eigenvalue weighted by molar-refractivity contribution is -0.122. The van der Waals surface area contributed by atoms with Crippen molar-refractivity contribution in [3.8, 4) is 5.75 Å². The molecule has 2 aromatic carbocycles. The van der Waals surface area contributed by atoms with Crippen LogP contribution in [0.1, 0.15) is 42.6 Å². The summed E-state index contributed by atoms with van der Waals surface area (Å²) in [6.07, 6.45) is 2.28. The van der Waals surface area contributed by atoms with Gasteiger partial charge < -0.3 is 20.1 Å².